The molecule has 0 aromatic carbocycles. The monoisotopic (exact) mass is 263 g/mol. The molecule has 0 bridgehead atoms. The maximum atomic E-state index is 5.47. The fraction of sp³-hybridized carbons (Fsp3) is 1.00. The number of hydrogen-bond donors (Lipinski definition) is 4. The molecule has 0 aromatic heterocycles. The van der Waals surface area contributed by atoms with Crippen LogP contribution in [0.15, 0.2) is 0 Å². The summed E-state index contributed by atoms with van der Waals surface area (Å²) in [6.07, 6.45) is 0. The van der Waals surface area contributed by atoms with Crippen LogP contribution in [0.5, 0.6) is 0 Å². The van der Waals surface area contributed by atoms with Crippen molar-refractivity contribution in [2.45, 2.75) is 32.1 Å². The Morgan fingerprint density at radius 1 is 0.941 bits per heavy atom. The Morgan fingerprint density at radius 2 is 1.59 bits per heavy atom. The largest absolute Gasteiger partial charge is 0.379 e. The first-order chi connectivity index (χ1) is 8.13. The van der Waals surface area contributed by atoms with Crippen LogP contribution < -0.4 is 16.0 Å². The van der Waals surface area contributed by atoms with Gasteiger partial charge in [-0.05, 0) is 0 Å². The molecule has 17 heavy (non-hydrogen) atoms. The predicted octanol–water partition coefficient (Wildman–Crippen LogP) is 0.499. The summed E-state index contributed by atoms with van der Waals surface area (Å²) in [7, 11) is 0. The van der Waals surface area contributed by atoms with Gasteiger partial charge in [-0.3, -0.25) is 0 Å². The van der Waals surface area contributed by atoms with Gasteiger partial charge in [-0.25, -0.2) is 0 Å². The highest BCUT2D eigenvalue weighted by atomic mass is 32.1. The molecular weight excluding hydrogens is 234 g/mol. The van der Waals surface area contributed by atoms with Crippen molar-refractivity contribution in [3.05, 3.63) is 0 Å². The van der Waals surface area contributed by atoms with E-state index in [4.69, 9.17) is 4.74 Å². The van der Waals surface area contributed by atoms with Gasteiger partial charge in [0.2, 0.25) is 0 Å². The van der Waals surface area contributed by atoms with E-state index in [2.05, 4.69) is 49.4 Å². The van der Waals surface area contributed by atoms with E-state index in [0.717, 1.165) is 45.9 Å². The van der Waals surface area contributed by atoms with Gasteiger partial charge in [0, 0.05) is 44.0 Å². The Morgan fingerprint density at radius 3 is 2.18 bits per heavy atom. The van der Waals surface area contributed by atoms with Crippen molar-refractivity contribution in [3.8, 4) is 0 Å². The van der Waals surface area contributed by atoms with E-state index < -0.39 is 0 Å². The van der Waals surface area contributed by atoms with E-state index >= 15 is 0 Å². The molecule has 0 radical (unpaired) electrons. The molecule has 104 valence electrons. The van der Waals surface area contributed by atoms with Crippen molar-refractivity contribution in [1.82, 2.24) is 16.0 Å². The maximum absolute atomic E-state index is 5.47. The van der Waals surface area contributed by atoms with Crippen molar-refractivity contribution in [2.75, 3.05) is 45.9 Å². The molecule has 3 N–H and O–H groups in total. The van der Waals surface area contributed by atoms with Crippen LogP contribution in [0.2, 0.25) is 0 Å². The standard InChI is InChI=1S/C12H29N3OS/c1-11(2)15-5-4-13-6-8-16-9-7-14-10-12(3)17/h11-15,17H,4-10H2,1-3H3. The first kappa shape index (κ1) is 17.2. The lowest BCUT2D eigenvalue weighted by Crippen LogP contribution is -2.33. The molecular formula is C12H29N3OS. The molecule has 0 spiro atoms. The van der Waals surface area contributed by atoms with E-state index in [1.54, 1.807) is 0 Å². The molecule has 0 amide bonds. The molecule has 0 fully saturated rings. The summed E-state index contributed by atoms with van der Waals surface area (Å²) >= 11 is 4.28. The molecule has 0 aliphatic carbocycles. The molecule has 0 saturated heterocycles. The molecule has 1 atom stereocenters. The summed E-state index contributed by atoms with van der Waals surface area (Å²) in [4.78, 5) is 0. The fourth-order valence-electron chi connectivity index (χ4n) is 1.28. The van der Waals surface area contributed by atoms with Crippen molar-refractivity contribution < 1.29 is 4.74 Å². The number of ether oxygens (including phenoxy) is 1. The summed E-state index contributed by atoms with van der Waals surface area (Å²) in [6, 6.07) is 0.563. The minimum Gasteiger partial charge on any atom is -0.379 e. The second-order valence-corrected chi connectivity index (χ2v) is 5.41. The molecule has 4 nitrogen and oxygen atoms in total. The topological polar surface area (TPSA) is 45.3 Å². The minimum absolute atomic E-state index is 0.408. The molecule has 0 aliphatic rings. The Balaban J connectivity index is 2.94. The summed E-state index contributed by atoms with van der Waals surface area (Å²) in [5.74, 6) is 0. The SMILES string of the molecule is CC(S)CNCCOCCNCCNC(C)C. The molecule has 0 saturated carbocycles. The number of thiol groups is 1. The second-order valence-electron chi connectivity index (χ2n) is 4.52. The van der Waals surface area contributed by atoms with Gasteiger partial charge in [0.25, 0.3) is 0 Å². The molecule has 0 heterocycles. The average Bonchev–Trinajstić information content (AvgIpc) is 2.25. The summed E-state index contributed by atoms with van der Waals surface area (Å²) in [6.45, 7) is 12.7. The van der Waals surface area contributed by atoms with Gasteiger partial charge in [-0.1, -0.05) is 20.8 Å². The summed E-state index contributed by atoms with van der Waals surface area (Å²) < 4.78 is 5.47. The van der Waals surface area contributed by atoms with Crippen LogP contribution in [0, 0.1) is 0 Å². The van der Waals surface area contributed by atoms with Crippen LogP contribution in [-0.4, -0.2) is 57.2 Å². The summed E-state index contributed by atoms with van der Waals surface area (Å²) in [5, 5.41) is 10.4. The predicted molar refractivity (Wildman–Crippen MR) is 78.1 cm³/mol. The number of rotatable bonds is 12. The Kier molecular flexibility index (Phi) is 12.8. The zero-order chi connectivity index (χ0) is 12.9. The lowest BCUT2D eigenvalue weighted by atomic mass is 10.4. The van der Waals surface area contributed by atoms with Crippen LogP contribution in [-0.2, 0) is 4.74 Å². The smallest absolute Gasteiger partial charge is 0.0591 e. The van der Waals surface area contributed by atoms with Crippen molar-refractivity contribution in [3.63, 3.8) is 0 Å². The highest BCUT2D eigenvalue weighted by Crippen LogP contribution is 1.87. The number of hydrogen-bond acceptors (Lipinski definition) is 5. The highest BCUT2D eigenvalue weighted by Gasteiger charge is 1.94. The first-order valence-corrected chi connectivity index (χ1v) is 7.05. The molecule has 0 rings (SSSR count). The third kappa shape index (κ3) is 16.2. The zero-order valence-electron chi connectivity index (χ0n) is 11.5. The third-order valence-corrected chi connectivity index (χ3v) is 2.32. The van der Waals surface area contributed by atoms with E-state index in [1.807, 2.05) is 0 Å². The average molecular weight is 263 g/mol. The van der Waals surface area contributed by atoms with Gasteiger partial charge in [0.05, 0.1) is 13.2 Å². The number of nitrogens with one attached hydrogen (secondary N) is 3. The van der Waals surface area contributed by atoms with Crippen LogP contribution in [0.4, 0.5) is 0 Å². The third-order valence-electron chi connectivity index (χ3n) is 2.14. The van der Waals surface area contributed by atoms with Crippen molar-refractivity contribution >= 4 is 12.6 Å². The fourth-order valence-corrected chi connectivity index (χ4v) is 1.41. The normalized spacial score (nSPS) is 13.2. The quantitative estimate of drug-likeness (QED) is 0.306. The van der Waals surface area contributed by atoms with E-state index in [-0.39, 0.29) is 0 Å². The van der Waals surface area contributed by atoms with Gasteiger partial charge >= 0.3 is 0 Å². The van der Waals surface area contributed by atoms with Gasteiger partial charge < -0.3 is 20.7 Å². The van der Waals surface area contributed by atoms with Crippen LogP contribution in [0.25, 0.3) is 0 Å². The first-order valence-electron chi connectivity index (χ1n) is 6.53. The van der Waals surface area contributed by atoms with Crippen molar-refractivity contribution in [1.29, 1.82) is 0 Å². The molecule has 0 aliphatic heterocycles. The Hall–Kier alpha value is 0.190. The Bertz CT molecular complexity index is 141. The zero-order valence-corrected chi connectivity index (χ0v) is 12.4. The van der Waals surface area contributed by atoms with Gasteiger partial charge in [-0.2, -0.15) is 12.6 Å². The van der Waals surface area contributed by atoms with Crippen LogP contribution in [0.3, 0.4) is 0 Å². The highest BCUT2D eigenvalue weighted by molar-refractivity contribution is 7.80. The molecule has 0 aromatic rings. The van der Waals surface area contributed by atoms with Crippen LogP contribution >= 0.6 is 12.6 Å². The lowest BCUT2D eigenvalue weighted by molar-refractivity contribution is 0.138. The van der Waals surface area contributed by atoms with E-state index in [0.29, 0.717) is 11.3 Å². The van der Waals surface area contributed by atoms with E-state index in [1.165, 1.54) is 0 Å². The maximum Gasteiger partial charge on any atom is 0.0591 e. The minimum atomic E-state index is 0.408. The lowest BCUT2D eigenvalue weighted by Gasteiger charge is -2.10. The van der Waals surface area contributed by atoms with Crippen molar-refractivity contribution in [2.24, 2.45) is 0 Å². The summed E-state index contributed by atoms with van der Waals surface area (Å²) in [5.41, 5.74) is 0. The molecule has 1 unspecified atom stereocenters. The molecule has 5 heteroatoms. The van der Waals surface area contributed by atoms with Gasteiger partial charge in [0.15, 0.2) is 0 Å². The van der Waals surface area contributed by atoms with Gasteiger partial charge in [-0.15, -0.1) is 0 Å². The second kappa shape index (κ2) is 12.6. The Labute approximate surface area is 112 Å². The van der Waals surface area contributed by atoms with Gasteiger partial charge in [0.1, 0.15) is 0 Å². The van der Waals surface area contributed by atoms with Crippen LogP contribution in [0.1, 0.15) is 20.8 Å². The van der Waals surface area contributed by atoms with E-state index in [9.17, 15) is 0 Å².